The third-order valence-corrected chi connectivity index (χ3v) is 3.82. The van der Waals surface area contributed by atoms with Crippen LogP contribution < -0.4 is 5.32 Å². The number of phenols is 1. The fourth-order valence-electron chi connectivity index (χ4n) is 1.67. The summed E-state index contributed by atoms with van der Waals surface area (Å²) in [4.78, 5) is 22.3. The van der Waals surface area contributed by atoms with E-state index in [1.165, 1.54) is 12.1 Å². The molecule has 0 unspecified atom stereocenters. The van der Waals surface area contributed by atoms with Gasteiger partial charge in [0.05, 0.1) is 9.80 Å². The number of thiophene rings is 1. The normalized spacial score (nSPS) is 10.3. The van der Waals surface area contributed by atoms with Crippen LogP contribution in [0.3, 0.4) is 0 Å². The van der Waals surface area contributed by atoms with Crippen molar-refractivity contribution in [3.05, 3.63) is 50.4 Å². The third-order valence-electron chi connectivity index (χ3n) is 2.79. The fourth-order valence-corrected chi connectivity index (χ4v) is 2.38. The zero-order valence-corrected chi connectivity index (χ0v) is 11.7. The van der Waals surface area contributed by atoms with Gasteiger partial charge in [-0.2, -0.15) is 0 Å². The van der Waals surface area contributed by atoms with E-state index in [1.54, 1.807) is 26.0 Å². The molecule has 2 rings (SSSR count). The summed E-state index contributed by atoms with van der Waals surface area (Å²) in [7, 11) is 0. The van der Waals surface area contributed by atoms with Crippen molar-refractivity contribution in [2.75, 3.05) is 5.32 Å². The zero-order chi connectivity index (χ0) is 14.9. The van der Waals surface area contributed by atoms with E-state index in [4.69, 9.17) is 0 Å². The predicted octanol–water partition coefficient (Wildman–Crippen LogP) is 3.23. The van der Waals surface area contributed by atoms with Gasteiger partial charge in [-0.25, -0.2) is 0 Å². The van der Waals surface area contributed by atoms with Crippen LogP contribution in [0.15, 0.2) is 24.3 Å². The van der Waals surface area contributed by atoms with Gasteiger partial charge in [0.1, 0.15) is 5.75 Å². The molecule has 20 heavy (non-hydrogen) atoms. The first-order valence-electron chi connectivity index (χ1n) is 5.74. The Morgan fingerprint density at radius 1 is 1.30 bits per heavy atom. The highest BCUT2D eigenvalue weighted by Crippen LogP contribution is 2.28. The molecule has 1 aromatic heterocycles. The van der Waals surface area contributed by atoms with E-state index in [9.17, 15) is 20.0 Å². The molecule has 2 aromatic rings. The van der Waals surface area contributed by atoms with E-state index in [1.807, 2.05) is 0 Å². The summed E-state index contributed by atoms with van der Waals surface area (Å²) < 4.78 is 0. The molecule has 0 radical (unpaired) electrons. The van der Waals surface area contributed by atoms with Gasteiger partial charge < -0.3 is 10.4 Å². The average Bonchev–Trinajstić information content (AvgIpc) is 2.85. The van der Waals surface area contributed by atoms with Crippen LogP contribution in [0.5, 0.6) is 5.75 Å². The molecule has 0 saturated heterocycles. The number of nitrogens with zero attached hydrogens (tertiary/aromatic N) is 1. The van der Waals surface area contributed by atoms with Crippen molar-refractivity contribution >= 4 is 27.9 Å². The van der Waals surface area contributed by atoms with Gasteiger partial charge in [0.25, 0.3) is 5.91 Å². The summed E-state index contributed by atoms with van der Waals surface area (Å²) in [6.07, 6.45) is 0. The lowest BCUT2D eigenvalue weighted by molar-refractivity contribution is -0.380. The van der Waals surface area contributed by atoms with E-state index >= 15 is 0 Å². The number of carbonyl (C=O) groups is 1. The van der Waals surface area contributed by atoms with Crippen molar-refractivity contribution in [3.63, 3.8) is 0 Å². The van der Waals surface area contributed by atoms with Crippen LogP contribution in [0.1, 0.15) is 20.8 Å². The molecule has 0 atom stereocenters. The van der Waals surface area contributed by atoms with Crippen LogP contribution in [0, 0.1) is 24.0 Å². The van der Waals surface area contributed by atoms with Crippen molar-refractivity contribution in [3.8, 4) is 5.75 Å². The van der Waals surface area contributed by atoms with Gasteiger partial charge in [-0.15, -0.1) is 0 Å². The zero-order valence-electron chi connectivity index (χ0n) is 10.8. The number of anilines is 1. The van der Waals surface area contributed by atoms with E-state index in [0.29, 0.717) is 16.8 Å². The standard InChI is InChI=1S/C13H12N2O4S/c1-7-6-10(16)8(2)5-9(7)14-13(17)11-3-4-12(20-11)15(18)19/h3-6,16H,1-2H3,(H,14,17). The molecule has 6 nitrogen and oxygen atoms in total. The number of hydrogen-bond acceptors (Lipinski definition) is 5. The quantitative estimate of drug-likeness (QED) is 0.516. The smallest absolute Gasteiger partial charge is 0.324 e. The summed E-state index contributed by atoms with van der Waals surface area (Å²) in [5, 5.41) is 22.8. The Morgan fingerprint density at radius 2 is 2.00 bits per heavy atom. The minimum atomic E-state index is -0.530. The molecular weight excluding hydrogens is 280 g/mol. The Kier molecular flexibility index (Phi) is 3.71. The molecule has 0 spiro atoms. The number of hydrogen-bond donors (Lipinski definition) is 2. The van der Waals surface area contributed by atoms with Gasteiger partial charge in [0.2, 0.25) is 0 Å². The minimum Gasteiger partial charge on any atom is -0.508 e. The Hall–Kier alpha value is -2.41. The molecule has 0 aliphatic heterocycles. The predicted molar refractivity (Wildman–Crippen MR) is 76.5 cm³/mol. The number of aryl methyl sites for hydroxylation is 2. The molecule has 0 fully saturated rings. The highest BCUT2D eigenvalue weighted by atomic mass is 32.1. The summed E-state index contributed by atoms with van der Waals surface area (Å²) in [5.74, 6) is -0.247. The largest absolute Gasteiger partial charge is 0.508 e. The molecule has 1 heterocycles. The van der Waals surface area contributed by atoms with Gasteiger partial charge in [-0.05, 0) is 43.2 Å². The third kappa shape index (κ3) is 2.77. The average molecular weight is 292 g/mol. The second-order valence-electron chi connectivity index (χ2n) is 4.30. The maximum Gasteiger partial charge on any atom is 0.324 e. The molecule has 1 aromatic carbocycles. The van der Waals surface area contributed by atoms with Crippen molar-refractivity contribution in [1.29, 1.82) is 0 Å². The van der Waals surface area contributed by atoms with E-state index < -0.39 is 10.8 Å². The molecule has 7 heteroatoms. The number of phenolic OH excluding ortho intramolecular Hbond substituents is 1. The lowest BCUT2D eigenvalue weighted by Crippen LogP contribution is -2.11. The Labute approximate surface area is 118 Å². The molecular formula is C13H12N2O4S. The topological polar surface area (TPSA) is 92.5 Å². The van der Waals surface area contributed by atoms with E-state index in [-0.39, 0.29) is 15.6 Å². The maximum atomic E-state index is 12.0. The molecule has 104 valence electrons. The first-order chi connectivity index (χ1) is 9.38. The van der Waals surface area contributed by atoms with Crippen molar-refractivity contribution in [1.82, 2.24) is 0 Å². The summed E-state index contributed by atoms with van der Waals surface area (Å²) >= 11 is 0.821. The number of nitrogens with one attached hydrogen (secondary N) is 1. The number of nitro groups is 1. The second kappa shape index (κ2) is 5.30. The highest BCUT2D eigenvalue weighted by Gasteiger charge is 2.16. The van der Waals surface area contributed by atoms with Gasteiger partial charge in [-0.3, -0.25) is 14.9 Å². The minimum absolute atomic E-state index is 0.0752. The van der Waals surface area contributed by atoms with Crippen LogP contribution in [0.25, 0.3) is 0 Å². The highest BCUT2D eigenvalue weighted by molar-refractivity contribution is 7.17. The molecule has 0 bridgehead atoms. The van der Waals surface area contributed by atoms with Crippen molar-refractivity contribution < 1.29 is 14.8 Å². The molecule has 0 aliphatic rings. The number of rotatable bonds is 3. The van der Waals surface area contributed by atoms with Crippen LogP contribution in [-0.4, -0.2) is 15.9 Å². The number of amides is 1. The van der Waals surface area contributed by atoms with Gasteiger partial charge in [-0.1, -0.05) is 11.3 Å². The fraction of sp³-hybridized carbons (Fsp3) is 0.154. The lowest BCUT2D eigenvalue weighted by atomic mass is 10.1. The Morgan fingerprint density at radius 3 is 2.60 bits per heavy atom. The first-order valence-corrected chi connectivity index (χ1v) is 6.56. The second-order valence-corrected chi connectivity index (χ2v) is 5.36. The SMILES string of the molecule is Cc1cc(NC(=O)c2ccc([N+](=O)[O-])s2)c(C)cc1O. The Bertz CT molecular complexity index is 694. The molecule has 2 N–H and O–H groups in total. The molecule has 0 saturated carbocycles. The summed E-state index contributed by atoms with van der Waals surface area (Å²) in [5.41, 5.74) is 1.93. The van der Waals surface area contributed by atoms with Gasteiger partial charge in [0.15, 0.2) is 0 Å². The van der Waals surface area contributed by atoms with Gasteiger partial charge in [0, 0.05) is 11.8 Å². The Balaban J connectivity index is 2.23. The van der Waals surface area contributed by atoms with E-state index in [2.05, 4.69) is 5.32 Å². The number of carbonyl (C=O) groups excluding carboxylic acids is 1. The maximum absolute atomic E-state index is 12.0. The monoisotopic (exact) mass is 292 g/mol. The van der Waals surface area contributed by atoms with E-state index in [0.717, 1.165) is 11.3 Å². The molecule has 0 aliphatic carbocycles. The van der Waals surface area contributed by atoms with Gasteiger partial charge >= 0.3 is 5.00 Å². The van der Waals surface area contributed by atoms with Crippen molar-refractivity contribution in [2.24, 2.45) is 0 Å². The van der Waals surface area contributed by atoms with Crippen molar-refractivity contribution in [2.45, 2.75) is 13.8 Å². The number of benzene rings is 1. The summed E-state index contributed by atoms with van der Waals surface area (Å²) in [6, 6.07) is 5.93. The summed E-state index contributed by atoms with van der Waals surface area (Å²) in [6.45, 7) is 3.48. The van der Waals surface area contributed by atoms with Crippen LogP contribution in [-0.2, 0) is 0 Å². The first kappa shape index (κ1) is 14.0. The lowest BCUT2D eigenvalue weighted by Gasteiger charge is -2.09. The van der Waals surface area contributed by atoms with Crippen LogP contribution in [0.2, 0.25) is 0 Å². The number of aromatic hydroxyl groups is 1. The van der Waals surface area contributed by atoms with Crippen LogP contribution in [0.4, 0.5) is 10.7 Å². The van der Waals surface area contributed by atoms with Crippen LogP contribution >= 0.6 is 11.3 Å². The molecule has 1 amide bonds.